The lowest BCUT2D eigenvalue weighted by Crippen LogP contribution is -2.48. The van der Waals surface area contributed by atoms with Crippen LogP contribution in [-0.4, -0.2) is 55.7 Å². The van der Waals surface area contributed by atoms with Crippen LogP contribution in [0.2, 0.25) is 0 Å². The summed E-state index contributed by atoms with van der Waals surface area (Å²) in [5.74, 6) is 1.05. The summed E-state index contributed by atoms with van der Waals surface area (Å²) in [5.41, 5.74) is 0.533. The highest BCUT2D eigenvalue weighted by atomic mass is 16.2. The monoisotopic (exact) mass is 326 g/mol. The molecule has 2 aromatic rings. The number of piperidine rings is 1. The number of likely N-dealkylation sites (tertiary alicyclic amines) is 1. The summed E-state index contributed by atoms with van der Waals surface area (Å²) in [4.78, 5) is 25.4. The van der Waals surface area contributed by atoms with Crippen LogP contribution in [0.5, 0.6) is 0 Å². The number of hydrogen-bond donors (Lipinski definition) is 0. The van der Waals surface area contributed by atoms with Gasteiger partial charge in [0.05, 0.1) is 0 Å². The van der Waals surface area contributed by atoms with Crippen molar-refractivity contribution in [1.82, 2.24) is 24.6 Å². The van der Waals surface area contributed by atoms with E-state index in [0.29, 0.717) is 17.8 Å². The van der Waals surface area contributed by atoms with Crippen molar-refractivity contribution >= 4 is 11.7 Å². The molecule has 24 heavy (non-hydrogen) atoms. The Morgan fingerprint density at radius 3 is 2.50 bits per heavy atom. The topological polar surface area (TPSA) is 67.2 Å². The number of carbonyl (C=O) groups is 1. The minimum absolute atomic E-state index is 0.0362. The van der Waals surface area contributed by atoms with Gasteiger partial charge in [-0.1, -0.05) is 0 Å². The minimum atomic E-state index is 0.0362. The zero-order chi connectivity index (χ0) is 16.5. The van der Waals surface area contributed by atoms with E-state index in [1.165, 1.54) is 12.8 Å². The van der Waals surface area contributed by atoms with Crippen molar-refractivity contribution in [2.45, 2.75) is 37.8 Å². The van der Waals surface area contributed by atoms with Gasteiger partial charge in [-0.05, 0) is 37.8 Å². The fourth-order valence-electron chi connectivity index (χ4n) is 3.50. The maximum Gasteiger partial charge on any atom is 0.274 e. The lowest BCUT2D eigenvalue weighted by atomic mass is 10.0. The molecule has 7 nitrogen and oxygen atoms in total. The van der Waals surface area contributed by atoms with Gasteiger partial charge in [-0.3, -0.25) is 9.48 Å². The van der Waals surface area contributed by atoms with E-state index in [1.54, 1.807) is 23.3 Å². The van der Waals surface area contributed by atoms with Gasteiger partial charge in [-0.2, -0.15) is 5.10 Å². The number of carbonyl (C=O) groups excluding carboxylic acids is 1. The molecular weight excluding hydrogens is 304 g/mol. The average Bonchev–Trinajstić information content (AvgIpc) is 3.36. The smallest absolute Gasteiger partial charge is 0.274 e. The third-order valence-electron chi connectivity index (χ3n) is 4.85. The average molecular weight is 326 g/mol. The first-order chi connectivity index (χ1) is 11.7. The number of aryl methyl sites for hydroxylation is 1. The van der Waals surface area contributed by atoms with Crippen molar-refractivity contribution < 1.29 is 4.79 Å². The number of hydrogen-bond acceptors (Lipinski definition) is 5. The lowest BCUT2D eigenvalue weighted by Gasteiger charge is -2.39. The van der Waals surface area contributed by atoms with E-state index in [-0.39, 0.29) is 5.91 Å². The summed E-state index contributed by atoms with van der Waals surface area (Å²) in [5, 5.41) is 4.22. The molecular formula is C17H22N6O. The van der Waals surface area contributed by atoms with Gasteiger partial charge in [-0.25, -0.2) is 9.97 Å². The van der Waals surface area contributed by atoms with Crippen LogP contribution in [0, 0.1) is 0 Å². The molecule has 0 atom stereocenters. The predicted molar refractivity (Wildman–Crippen MR) is 89.7 cm³/mol. The molecule has 1 amide bonds. The number of rotatable bonds is 4. The van der Waals surface area contributed by atoms with Gasteiger partial charge < -0.3 is 9.80 Å². The Hall–Kier alpha value is -2.44. The highest BCUT2D eigenvalue weighted by Crippen LogP contribution is 2.35. The van der Waals surface area contributed by atoms with E-state index in [4.69, 9.17) is 0 Å². The molecule has 1 aliphatic carbocycles. The van der Waals surface area contributed by atoms with E-state index >= 15 is 0 Å². The Balaban J connectivity index is 1.42. The Morgan fingerprint density at radius 1 is 1.17 bits per heavy atom. The molecule has 7 heteroatoms. The van der Waals surface area contributed by atoms with Crippen molar-refractivity contribution in [3.8, 4) is 0 Å². The van der Waals surface area contributed by atoms with Crippen LogP contribution in [0.4, 0.5) is 5.82 Å². The molecule has 0 unspecified atom stereocenters. The zero-order valence-corrected chi connectivity index (χ0v) is 13.9. The molecule has 0 spiro atoms. The lowest BCUT2D eigenvalue weighted by molar-refractivity contribution is 0.0705. The third kappa shape index (κ3) is 2.98. The number of aromatic nitrogens is 4. The van der Waals surface area contributed by atoms with Gasteiger partial charge in [0.1, 0.15) is 17.8 Å². The second-order valence-electron chi connectivity index (χ2n) is 6.60. The maximum absolute atomic E-state index is 12.5. The Bertz CT molecular complexity index is 703. The predicted octanol–water partition coefficient (Wildman–Crippen LogP) is 1.48. The van der Waals surface area contributed by atoms with E-state index < -0.39 is 0 Å². The molecule has 3 heterocycles. The second kappa shape index (κ2) is 6.22. The fourth-order valence-corrected chi connectivity index (χ4v) is 3.50. The third-order valence-corrected chi connectivity index (χ3v) is 4.85. The van der Waals surface area contributed by atoms with Gasteiger partial charge >= 0.3 is 0 Å². The Morgan fingerprint density at radius 2 is 1.92 bits per heavy atom. The first-order valence-electron chi connectivity index (χ1n) is 8.55. The van der Waals surface area contributed by atoms with Gasteiger partial charge in [0, 0.05) is 44.6 Å². The summed E-state index contributed by atoms with van der Waals surface area (Å²) in [7, 11) is 1.83. The fraction of sp³-hybridized carbons (Fsp3) is 0.529. The van der Waals surface area contributed by atoms with Gasteiger partial charge in [0.15, 0.2) is 0 Å². The molecule has 1 saturated heterocycles. The van der Waals surface area contributed by atoms with Crippen LogP contribution in [0.25, 0.3) is 0 Å². The zero-order valence-electron chi connectivity index (χ0n) is 13.9. The molecule has 4 rings (SSSR count). The van der Waals surface area contributed by atoms with E-state index in [1.807, 2.05) is 24.2 Å². The molecule has 0 radical (unpaired) electrons. The molecule has 1 saturated carbocycles. The van der Waals surface area contributed by atoms with Crippen molar-refractivity contribution in [3.05, 3.63) is 36.5 Å². The van der Waals surface area contributed by atoms with Gasteiger partial charge in [0.25, 0.3) is 5.91 Å². The molecule has 2 aromatic heterocycles. The van der Waals surface area contributed by atoms with Crippen LogP contribution in [-0.2, 0) is 7.05 Å². The van der Waals surface area contributed by atoms with Crippen molar-refractivity contribution in [1.29, 1.82) is 0 Å². The minimum Gasteiger partial charge on any atom is -0.350 e. The number of amides is 1. The molecule has 2 fully saturated rings. The summed E-state index contributed by atoms with van der Waals surface area (Å²) < 4.78 is 1.67. The van der Waals surface area contributed by atoms with Crippen LogP contribution in [0.3, 0.4) is 0 Å². The molecule has 2 aliphatic rings. The molecule has 0 aromatic carbocycles. The highest BCUT2D eigenvalue weighted by molar-refractivity contribution is 5.92. The van der Waals surface area contributed by atoms with Crippen LogP contribution in [0.15, 0.2) is 30.9 Å². The molecule has 126 valence electrons. The Labute approximate surface area is 141 Å². The number of nitrogens with zero attached hydrogens (tertiary/aromatic N) is 6. The van der Waals surface area contributed by atoms with Crippen molar-refractivity contribution in [3.63, 3.8) is 0 Å². The summed E-state index contributed by atoms with van der Waals surface area (Å²) in [6.07, 6.45) is 9.64. The summed E-state index contributed by atoms with van der Waals surface area (Å²) in [6, 6.07) is 4.82. The van der Waals surface area contributed by atoms with Crippen LogP contribution in [0.1, 0.15) is 36.2 Å². The first-order valence-corrected chi connectivity index (χ1v) is 8.55. The normalized spacial score (nSPS) is 18.6. The molecule has 0 N–H and O–H groups in total. The van der Waals surface area contributed by atoms with Gasteiger partial charge in [-0.15, -0.1) is 0 Å². The summed E-state index contributed by atoms with van der Waals surface area (Å²) >= 11 is 0. The van der Waals surface area contributed by atoms with Gasteiger partial charge in [0.2, 0.25) is 0 Å². The maximum atomic E-state index is 12.5. The second-order valence-corrected chi connectivity index (χ2v) is 6.60. The van der Waals surface area contributed by atoms with E-state index in [0.717, 1.165) is 31.7 Å². The summed E-state index contributed by atoms with van der Waals surface area (Å²) in [6.45, 7) is 1.54. The standard InChI is InChI=1S/C17H22N6O/c1-21-9-7-15(20-21)17(24)22-10-5-14(6-11-22)23(13-2-3-13)16-4-8-18-12-19-16/h4,7-9,12-14H,2-3,5-6,10-11H2,1H3. The molecule has 0 bridgehead atoms. The number of anilines is 1. The SMILES string of the molecule is Cn1ccc(C(=O)N2CCC(N(c3ccncn3)C3CC3)CC2)n1. The largest absolute Gasteiger partial charge is 0.350 e. The van der Waals surface area contributed by atoms with Crippen molar-refractivity contribution in [2.24, 2.45) is 7.05 Å². The van der Waals surface area contributed by atoms with Crippen molar-refractivity contribution in [2.75, 3.05) is 18.0 Å². The van der Waals surface area contributed by atoms with Crippen LogP contribution >= 0.6 is 0 Å². The quantitative estimate of drug-likeness (QED) is 0.851. The first kappa shape index (κ1) is 15.1. The Kier molecular flexibility index (Phi) is 3.92. The van der Waals surface area contributed by atoms with E-state index in [2.05, 4.69) is 20.0 Å². The molecule has 1 aliphatic heterocycles. The van der Waals surface area contributed by atoms with E-state index in [9.17, 15) is 4.79 Å². The highest BCUT2D eigenvalue weighted by Gasteiger charge is 2.37. The van der Waals surface area contributed by atoms with Crippen LogP contribution < -0.4 is 4.90 Å².